The molecule has 0 aliphatic carbocycles. The van der Waals surface area contributed by atoms with Crippen LogP contribution in [-0.2, 0) is 29.2 Å². The van der Waals surface area contributed by atoms with Gasteiger partial charge in [-0.1, -0.05) is 24.3 Å². The summed E-state index contributed by atoms with van der Waals surface area (Å²) in [6, 6.07) is 21.6. The number of carbonyl (C=O) groups excluding carboxylic acids is 1. The third-order valence-electron chi connectivity index (χ3n) is 8.38. The first kappa shape index (κ1) is 26.7. The van der Waals surface area contributed by atoms with Crippen molar-refractivity contribution in [3.05, 3.63) is 89.6 Å². The molecule has 42 heavy (non-hydrogen) atoms. The van der Waals surface area contributed by atoms with Crippen LogP contribution in [0, 0.1) is 0 Å². The first-order valence-corrected chi connectivity index (χ1v) is 14.6. The van der Waals surface area contributed by atoms with Crippen LogP contribution in [0.15, 0.2) is 71.1 Å². The van der Waals surface area contributed by atoms with Crippen LogP contribution in [0.3, 0.4) is 0 Å². The Hall–Kier alpha value is -4.21. The Morgan fingerprint density at radius 3 is 2.64 bits per heavy atom. The van der Waals surface area contributed by atoms with E-state index < -0.39 is 0 Å². The smallest absolute Gasteiger partial charge is 0.337 e. The molecule has 3 aromatic heterocycles. The van der Waals surface area contributed by atoms with Gasteiger partial charge in [0.2, 0.25) is 5.88 Å². The number of nitrogens with zero attached hydrogens (tertiary/aromatic N) is 4. The molecule has 5 heterocycles. The molecule has 0 unspecified atom stereocenters. The lowest BCUT2D eigenvalue weighted by molar-refractivity contribution is -0.0592. The minimum Gasteiger partial charge on any atom is -0.469 e. The molecule has 2 fully saturated rings. The largest absolute Gasteiger partial charge is 0.469 e. The van der Waals surface area contributed by atoms with Crippen molar-refractivity contribution in [2.75, 3.05) is 26.8 Å². The van der Waals surface area contributed by atoms with Gasteiger partial charge in [-0.3, -0.25) is 4.90 Å². The molecule has 0 spiro atoms. The molecule has 2 aromatic carbocycles. The van der Waals surface area contributed by atoms with Crippen LogP contribution in [0.1, 0.15) is 52.8 Å². The van der Waals surface area contributed by atoms with Crippen LogP contribution in [0.2, 0.25) is 0 Å². The zero-order chi connectivity index (χ0) is 28.5. The van der Waals surface area contributed by atoms with Gasteiger partial charge in [0.15, 0.2) is 0 Å². The van der Waals surface area contributed by atoms with Gasteiger partial charge in [-0.2, -0.15) is 0 Å². The molecule has 5 aromatic rings. The number of benzene rings is 2. The number of methoxy groups -OCH3 is 1. The highest BCUT2D eigenvalue weighted by molar-refractivity contribution is 5.93. The van der Waals surface area contributed by atoms with Crippen LogP contribution in [0.4, 0.5) is 0 Å². The van der Waals surface area contributed by atoms with Crippen molar-refractivity contribution < 1.29 is 23.4 Å². The Morgan fingerprint density at radius 1 is 1.00 bits per heavy atom. The van der Waals surface area contributed by atoms with Crippen molar-refractivity contribution in [2.45, 2.75) is 51.0 Å². The maximum atomic E-state index is 12.2. The second-order valence-electron chi connectivity index (χ2n) is 11.1. The van der Waals surface area contributed by atoms with Crippen molar-refractivity contribution in [3.63, 3.8) is 0 Å². The molecule has 1 atom stereocenters. The Morgan fingerprint density at radius 2 is 1.86 bits per heavy atom. The molecule has 216 valence electrons. The van der Waals surface area contributed by atoms with Crippen LogP contribution in [-0.4, -0.2) is 58.3 Å². The summed E-state index contributed by atoms with van der Waals surface area (Å²) in [5.74, 6) is 2.44. The summed E-state index contributed by atoms with van der Waals surface area (Å²) in [5.41, 5.74) is 4.30. The van der Waals surface area contributed by atoms with Gasteiger partial charge in [0.1, 0.15) is 23.8 Å². The topological polar surface area (TPSA) is 91.9 Å². The predicted octanol–water partition coefficient (Wildman–Crippen LogP) is 5.71. The fourth-order valence-corrected chi connectivity index (χ4v) is 5.95. The number of aromatic nitrogens is 3. The number of furan rings is 1. The van der Waals surface area contributed by atoms with E-state index in [0.717, 1.165) is 91.3 Å². The Kier molecular flexibility index (Phi) is 7.36. The van der Waals surface area contributed by atoms with E-state index >= 15 is 0 Å². The third-order valence-corrected chi connectivity index (χ3v) is 8.38. The lowest BCUT2D eigenvalue weighted by Gasteiger charge is -2.32. The van der Waals surface area contributed by atoms with E-state index in [9.17, 15) is 4.79 Å². The summed E-state index contributed by atoms with van der Waals surface area (Å²) in [6.07, 6.45) is 3.24. The van der Waals surface area contributed by atoms with Gasteiger partial charge in [0.25, 0.3) is 0 Å². The maximum Gasteiger partial charge on any atom is 0.337 e. The van der Waals surface area contributed by atoms with Gasteiger partial charge < -0.3 is 23.2 Å². The Bertz CT molecular complexity index is 1680. The second-order valence-corrected chi connectivity index (χ2v) is 11.1. The number of carbonyl (C=O) groups is 1. The van der Waals surface area contributed by atoms with E-state index in [2.05, 4.69) is 15.5 Å². The van der Waals surface area contributed by atoms with Crippen LogP contribution < -0.4 is 4.74 Å². The van der Waals surface area contributed by atoms with Crippen molar-refractivity contribution in [3.8, 4) is 5.88 Å². The summed E-state index contributed by atoms with van der Waals surface area (Å²) in [4.78, 5) is 24.5. The van der Waals surface area contributed by atoms with Crippen LogP contribution >= 0.6 is 0 Å². The molecule has 0 radical (unpaired) electrons. The van der Waals surface area contributed by atoms with Crippen molar-refractivity contribution >= 4 is 28.0 Å². The highest BCUT2D eigenvalue weighted by atomic mass is 16.5. The molecular formula is C33H34N4O5. The molecule has 7 rings (SSSR count). The lowest BCUT2D eigenvalue weighted by atomic mass is 9.93. The number of imidazole rings is 1. The fraction of sp³-hybridized carbons (Fsp3) is 0.364. The zero-order valence-electron chi connectivity index (χ0n) is 23.7. The van der Waals surface area contributed by atoms with Gasteiger partial charge in [-0.25, -0.2) is 14.8 Å². The fourth-order valence-electron chi connectivity index (χ4n) is 5.95. The number of piperidine rings is 1. The minimum atomic E-state index is -0.342. The van der Waals surface area contributed by atoms with Gasteiger partial charge in [-0.05, 0) is 68.8 Å². The van der Waals surface area contributed by atoms with Gasteiger partial charge >= 0.3 is 5.97 Å². The summed E-state index contributed by atoms with van der Waals surface area (Å²) < 4.78 is 24.8. The molecule has 0 bridgehead atoms. The number of para-hydroxylation sites is 1. The third kappa shape index (κ3) is 5.49. The summed E-state index contributed by atoms with van der Waals surface area (Å²) in [6.45, 7) is 4.53. The normalized spacial score (nSPS) is 17.9. The molecule has 2 aliphatic heterocycles. The quantitative estimate of drug-likeness (QED) is 0.210. The van der Waals surface area contributed by atoms with Crippen LogP contribution in [0.25, 0.3) is 22.0 Å². The van der Waals surface area contributed by atoms with Gasteiger partial charge in [0.05, 0.1) is 42.9 Å². The first-order valence-electron chi connectivity index (χ1n) is 14.6. The number of likely N-dealkylation sites (tertiary alicyclic amines) is 1. The van der Waals surface area contributed by atoms with E-state index in [1.54, 1.807) is 6.07 Å². The molecule has 0 saturated carbocycles. The van der Waals surface area contributed by atoms with E-state index in [-0.39, 0.29) is 12.1 Å². The molecule has 9 heteroatoms. The highest BCUT2D eigenvalue weighted by Crippen LogP contribution is 2.30. The minimum absolute atomic E-state index is 0.182. The number of hydrogen-bond acceptors (Lipinski definition) is 8. The van der Waals surface area contributed by atoms with Gasteiger partial charge in [-0.15, -0.1) is 0 Å². The molecule has 0 N–H and O–H groups in total. The van der Waals surface area contributed by atoms with E-state index in [1.807, 2.05) is 54.6 Å². The Balaban J connectivity index is 1.01. The van der Waals surface area contributed by atoms with E-state index in [1.165, 1.54) is 7.11 Å². The molecule has 9 nitrogen and oxygen atoms in total. The van der Waals surface area contributed by atoms with Gasteiger partial charge in [0, 0.05) is 29.7 Å². The SMILES string of the molecule is COC(=O)c1ccc2nc(CN3CCC(c4cccc(OCc5cc6ccccc6o5)n4)CC3)n(C[C@@H]3CCO3)c2c1. The predicted molar refractivity (Wildman–Crippen MR) is 157 cm³/mol. The number of pyridine rings is 1. The number of hydrogen-bond donors (Lipinski definition) is 0. The number of rotatable bonds is 9. The zero-order valence-corrected chi connectivity index (χ0v) is 23.7. The van der Waals surface area contributed by atoms with E-state index in [4.69, 9.17) is 28.6 Å². The molecule has 2 saturated heterocycles. The molecule has 0 amide bonds. The lowest BCUT2D eigenvalue weighted by Crippen LogP contribution is -2.35. The van der Waals surface area contributed by atoms with Crippen molar-refractivity contribution in [1.29, 1.82) is 0 Å². The van der Waals surface area contributed by atoms with Crippen molar-refractivity contribution in [1.82, 2.24) is 19.4 Å². The number of esters is 1. The number of ether oxygens (including phenoxy) is 3. The average Bonchev–Trinajstić information content (AvgIpc) is 3.58. The second kappa shape index (κ2) is 11.6. The monoisotopic (exact) mass is 566 g/mol. The molecule has 2 aliphatic rings. The first-order chi connectivity index (χ1) is 20.6. The standard InChI is InChI=1S/C33H34N4O5/c1-39-33(38)24-9-10-28-29(18-24)37(19-25-13-16-40-25)31(34-28)20-36-14-11-22(12-15-36)27-6-4-8-32(35-27)41-21-26-17-23-5-2-3-7-30(23)42-26/h2-10,17-18,22,25H,11-16,19-21H2,1H3/t25-/m0/s1. The molecular weight excluding hydrogens is 532 g/mol. The Labute approximate surface area is 244 Å². The highest BCUT2D eigenvalue weighted by Gasteiger charge is 2.26. The summed E-state index contributed by atoms with van der Waals surface area (Å²) >= 11 is 0. The van der Waals surface area contributed by atoms with Crippen molar-refractivity contribution in [2.24, 2.45) is 0 Å². The van der Waals surface area contributed by atoms with Crippen LogP contribution in [0.5, 0.6) is 5.88 Å². The average molecular weight is 567 g/mol. The summed E-state index contributed by atoms with van der Waals surface area (Å²) in [5, 5.41) is 1.07. The maximum absolute atomic E-state index is 12.2. The number of fused-ring (bicyclic) bond motifs is 2. The summed E-state index contributed by atoms with van der Waals surface area (Å²) in [7, 11) is 1.41. The van der Waals surface area contributed by atoms with E-state index in [0.29, 0.717) is 24.0 Å².